The zero-order valence-corrected chi connectivity index (χ0v) is 17.6. The Labute approximate surface area is 164 Å². The molecule has 2 N–H and O–H groups in total. The summed E-state index contributed by atoms with van der Waals surface area (Å²) in [4.78, 5) is 12.7. The van der Waals surface area contributed by atoms with Crippen LogP contribution < -0.4 is 15.4 Å². The number of hydrogen-bond donors (Lipinski definition) is 2. The molecule has 2 aliphatic rings. The summed E-state index contributed by atoms with van der Waals surface area (Å²) in [5.74, 6) is 1.48. The lowest BCUT2D eigenvalue weighted by atomic mass is 9.79. The number of piperidine rings is 1. The van der Waals surface area contributed by atoms with E-state index >= 15 is 0 Å². The maximum atomic E-state index is 12.7. The first-order valence-electron chi connectivity index (χ1n) is 10.5. The van der Waals surface area contributed by atoms with Crippen LogP contribution in [0.25, 0.3) is 0 Å². The normalized spacial score (nSPS) is 27.7. The minimum atomic E-state index is 0.00563. The van der Waals surface area contributed by atoms with Crippen LogP contribution in [0.2, 0.25) is 0 Å². The van der Waals surface area contributed by atoms with Crippen LogP contribution in [0.3, 0.4) is 0 Å². The largest absolute Gasteiger partial charge is 0.490 e. The molecule has 0 bridgehead atoms. The lowest BCUT2D eigenvalue weighted by molar-refractivity contribution is 0.0872. The number of hydrogen-bond acceptors (Lipinski definition) is 3. The molecule has 4 nitrogen and oxygen atoms in total. The fourth-order valence-corrected chi connectivity index (χ4v) is 5.01. The predicted molar refractivity (Wildman–Crippen MR) is 110 cm³/mol. The smallest absolute Gasteiger partial charge is 0.251 e. The van der Waals surface area contributed by atoms with Gasteiger partial charge in [-0.2, -0.15) is 0 Å². The number of ether oxygens (including phenoxy) is 1. The first-order chi connectivity index (χ1) is 12.6. The second-order valence-electron chi connectivity index (χ2n) is 9.91. The van der Waals surface area contributed by atoms with Gasteiger partial charge in [0.1, 0.15) is 11.9 Å². The van der Waals surface area contributed by atoms with Crippen LogP contribution >= 0.6 is 0 Å². The Hall–Kier alpha value is -1.55. The quantitative estimate of drug-likeness (QED) is 0.806. The van der Waals surface area contributed by atoms with Gasteiger partial charge in [0.25, 0.3) is 5.91 Å². The number of carbonyl (C=O) groups excluding carboxylic acids is 1. The molecule has 1 aliphatic carbocycles. The molecule has 2 fully saturated rings. The van der Waals surface area contributed by atoms with Gasteiger partial charge in [-0.1, -0.05) is 13.3 Å². The van der Waals surface area contributed by atoms with E-state index in [9.17, 15) is 4.79 Å². The second-order valence-corrected chi connectivity index (χ2v) is 9.91. The van der Waals surface area contributed by atoms with Crippen molar-refractivity contribution in [2.24, 2.45) is 5.92 Å². The summed E-state index contributed by atoms with van der Waals surface area (Å²) in [7, 11) is 0. The minimum absolute atomic E-state index is 0.00563. The van der Waals surface area contributed by atoms with Crippen LogP contribution in [0.5, 0.6) is 5.75 Å². The van der Waals surface area contributed by atoms with Gasteiger partial charge in [-0.05, 0) is 90.0 Å². The van der Waals surface area contributed by atoms with Crippen molar-refractivity contribution in [3.05, 3.63) is 29.8 Å². The molecule has 1 saturated heterocycles. The molecule has 27 heavy (non-hydrogen) atoms. The Bertz CT molecular complexity index is 635. The number of rotatable bonds is 4. The minimum Gasteiger partial charge on any atom is -0.490 e. The second kappa shape index (κ2) is 7.83. The molecule has 0 aromatic heterocycles. The molecule has 0 spiro atoms. The molecular weight excluding hydrogens is 336 g/mol. The number of benzene rings is 1. The van der Waals surface area contributed by atoms with Crippen LogP contribution in [0.1, 0.15) is 83.5 Å². The number of carbonyl (C=O) groups is 1. The van der Waals surface area contributed by atoms with Gasteiger partial charge in [-0.25, -0.2) is 0 Å². The Morgan fingerprint density at radius 1 is 1.04 bits per heavy atom. The fourth-order valence-electron chi connectivity index (χ4n) is 5.01. The molecule has 2 atom stereocenters. The molecule has 1 heterocycles. The first kappa shape index (κ1) is 20.2. The van der Waals surface area contributed by atoms with E-state index < -0.39 is 0 Å². The average Bonchev–Trinajstić information content (AvgIpc) is 2.54. The molecule has 150 valence electrons. The summed E-state index contributed by atoms with van der Waals surface area (Å²) < 4.78 is 6.17. The Morgan fingerprint density at radius 2 is 1.63 bits per heavy atom. The predicted octanol–water partition coefficient (Wildman–Crippen LogP) is 4.68. The van der Waals surface area contributed by atoms with E-state index in [2.05, 4.69) is 45.3 Å². The maximum Gasteiger partial charge on any atom is 0.251 e. The molecule has 1 aromatic carbocycles. The van der Waals surface area contributed by atoms with Crippen LogP contribution in [-0.2, 0) is 0 Å². The average molecular weight is 373 g/mol. The van der Waals surface area contributed by atoms with Gasteiger partial charge in [0.2, 0.25) is 0 Å². The van der Waals surface area contributed by atoms with E-state index in [1.165, 1.54) is 19.3 Å². The first-order valence-corrected chi connectivity index (χ1v) is 10.5. The van der Waals surface area contributed by atoms with E-state index in [0.29, 0.717) is 17.6 Å². The van der Waals surface area contributed by atoms with Crippen LogP contribution in [0, 0.1) is 5.92 Å². The summed E-state index contributed by atoms with van der Waals surface area (Å²) in [5, 5.41) is 6.89. The topological polar surface area (TPSA) is 50.4 Å². The Balaban J connectivity index is 1.59. The molecular formula is C23H36N2O2. The Kier molecular flexibility index (Phi) is 5.85. The molecule has 1 saturated carbocycles. The van der Waals surface area contributed by atoms with Crippen molar-refractivity contribution in [1.82, 2.24) is 10.6 Å². The zero-order chi connectivity index (χ0) is 19.7. The SMILES string of the molecule is CC1CCCCC1Oc1ccc(C(=O)NC2CC(C)(C)NC(C)(C)C2)cc1. The molecule has 1 aromatic rings. The van der Waals surface area contributed by atoms with E-state index in [1.807, 2.05) is 24.3 Å². The zero-order valence-electron chi connectivity index (χ0n) is 17.6. The Morgan fingerprint density at radius 3 is 2.22 bits per heavy atom. The van der Waals surface area contributed by atoms with Gasteiger partial charge in [-0.3, -0.25) is 4.79 Å². The summed E-state index contributed by atoms with van der Waals surface area (Å²) in [6, 6.07) is 7.83. The van der Waals surface area contributed by atoms with Crippen molar-refractivity contribution in [2.75, 3.05) is 0 Å². The van der Waals surface area contributed by atoms with Crippen molar-refractivity contribution in [3.63, 3.8) is 0 Å². The van der Waals surface area contributed by atoms with Crippen molar-refractivity contribution >= 4 is 5.91 Å². The van der Waals surface area contributed by atoms with Crippen LogP contribution in [0.15, 0.2) is 24.3 Å². The standard InChI is InChI=1S/C23H36N2O2/c1-16-8-6-7-9-20(16)27-19-12-10-17(11-13-19)21(26)24-18-14-22(2,3)25-23(4,5)15-18/h10-13,16,18,20,25H,6-9,14-15H2,1-5H3,(H,24,26). The monoisotopic (exact) mass is 372 g/mol. The van der Waals surface area contributed by atoms with Crippen molar-refractivity contribution in [1.29, 1.82) is 0 Å². The third-order valence-corrected chi connectivity index (χ3v) is 5.96. The maximum absolute atomic E-state index is 12.7. The van der Waals surface area contributed by atoms with E-state index in [4.69, 9.17) is 4.74 Å². The molecule has 3 rings (SSSR count). The highest BCUT2D eigenvalue weighted by molar-refractivity contribution is 5.94. The van der Waals surface area contributed by atoms with Gasteiger partial charge in [0.05, 0.1) is 0 Å². The third kappa shape index (κ3) is 5.47. The van der Waals surface area contributed by atoms with E-state index in [1.54, 1.807) is 0 Å². The van der Waals surface area contributed by atoms with E-state index in [-0.39, 0.29) is 23.0 Å². The molecule has 1 aliphatic heterocycles. The lowest BCUT2D eigenvalue weighted by Gasteiger charge is -2.46. The van der Waals surface area contributed by atoms with Gasteiger partial charge in [0.15, 0.2) is 0 Å². The van der Waals surface area contributed by atoms with Crippen molar-refractivity contribution in [3.8, 4) is 5.75 Å². The van der Waals surface area contributed by atoms with E-state index in [0.717, 1.165) is 25.0 Å². The summed E-state index contributed by atoms with van der Waals surface area (Å²) in [6.45, 7) is 11.1. The fraction of sp³-hybridized carbons (Fsp3) is 0.696. The van der Waals surface area contributed by atoms with Gasteiger partial charge in [0, 0.05) is 22.7 Å². The molecule has 1 amide bonds. The van der Waals surface area contributed by atoms with Gasteiger partial charge >= 0.3 is 0 Å². The van der Waals surface area contributed by atoms with Crippen LogP contribution in [0.4, 0.5) is 0 Å². The number of amides is 1. The molecule has 4 heteroatoms. The highest BCUT2D eigenvalue weighted by Gasteiger charge is 2.38. The number of nitrogens with one attached hydrogen (secondary N) is 2. The highest BCUT2D eigenvalue weighted by Crippen LogP contribution is 2.30. The van der Waals surface area contributed by atoms with Gasteiger partial charge < -0.3 is 15.4 Å². The summed E-state index contributed by atoms with van der Waals surface area (Å²) in [6.07, 6.45) is 7.10. The third-order valence-electron chi connectivity index (χ3n) is 5.96. The van der Waals surface area contributed by atoms with Crippen molar-refractivity contribution < 1.29 is 9.53 Å². The summed E-state index contributed by atoms with van der Waals surface area (Å²) in [5.41, 5.74) is 0.746. The molecule has 2 unspecified atom stereocenters. The van der Waals surface area contributed by atoms with Crippen molar-refractivity contribution in [2.45, 2.75) is 96.4 Å². The highest BCUT2D eigenvalue weighted by atomic mass is 16.5. The summed E-state index contributed by atoms with van der Waals surface area (Å²) >= 11 is 0. The van der Waals surface area contributed by atoms with Gasteiger partial charge in [-0.15, -0.1) is 0 Å². The lowest BCUT2D eigenvalue weighted by Crippen LogP contribution is -2.62. The van der Waals surface area contributed by atoms with Crippen LogP contribution in [-0.4, -0.2) is 29.1 Å². The molecule has 0 radical (unpaired) electrons.